The number of nitrogens with zero attached hydrogens (tertiary/aromatic N) is 2. The number of benzene rings is 1. The van der Waals surface area contributed by atoms with E-state index in [2.05, 4.69) is 0 Å². The molecule has 0 aromatic heterocycles. The highest BCUT2D eigenvalue weighted by molar-refractivity contribution is 5.60. The van der Waals surface area contributed by atoms with Gasteiger partial charge in [-0.2, -0.15) is 0 Å². The molecule has 2 atom stereocenters. The number of nitrogens with two attached hydrogens (primary N) is 1. The van der Waals surface area contributed by atoms with E-state index in [0.717, 1.165) is 25.3 Å². The van der Waals surface area contributed by atoms with Gasteiger partial charge in [-0.1, -0.05) is 6.42 Å². The van der Waals surface area contributed by atoms with Crippen molar-refractivity contribution in [3.8, 4) is 5.75 Å². The van der Waals surface area contributed by atoms with Crippen LogP contribution in [0.2, 0.25) is 0 Å². The van der Waals surface area contributed by atoms with E-state index in [9.17, 15) is 14.5 Å². The van der Waals surface area contributed by atoms with Gasteiger partial charge >= 0.3 is 5.69 Å². The van der Waals surface area contributed by atoms with Gasteiger partial charge in [0.2, 0.25) is 0 Å². The monoisotopic (exact) mass is 297 g/mol. The maximum Gasteiger partial charge on any atom is 0.313 e. The molecule has 1 fully saturated rings. The smallest absolute Gasteiger partial charge is 0.313 e. The van der Waals surface area contributed by atoms with E-state index in [0.29, 0.717) is 18.2 Å². The second-order valence-electron chi connectivity index (χ2n) is 5.34. The largest absolute Gasteiger partial charge is 0.490 e. The molecular formula is C14H20FN3O3. The summed E-state index contributed by atoms with van der Waals surface area (Å²) in [4.78, 5) is 12.1. The Balaban J connectivity index is 2.37. The van der Waals surface area contributed by atoms with Crippen molar-refractivity contribution >= 4 is 11.4 Å². The highest BCUT2D eigenvalue weighted by Gasteiger charge is 2.31. The van der Waals surface area contributed by atoms with E-state index in [-0.39, 0.29) is 17.5 Å². The molecule has 116 valence electrons. The molecule has 7 heteroatoms. The minimum Gasteiger partial charge on any atom is -0.490 e. The number of halogens is 1. The molecule has 2 unspecified atom stereocenters. The number of hydrogen-bond acceptors (Lipinski definition) is 5. The maximum absolute atomic E-state index is 14.2. The summed E-state index contributed by atoms with van der Waals surface area (Å²) in [7, 11) is 3.13. The van der Waals surface area contributed by atoms with Crippen molar-refractivity contribution in [3.63, 3.8) is 0 Å². The Kier molecular flexibility index (Phi) is 4.62. The Morgan fingerprint density at radius 3 is 2.81 bits per heavy atom. The molecule has 0 spiro atoms. The first kappa shape index (κ1) is 15.5. The van der Waals surface area contributed by atoms with Crippen LogP contribution in [0.5, 0.6) is 5.75 Å². The van der Waals surface area contributed by atoms with Gasteiger partial charge in [0.05, 0.1) is 23.8 Å². The number of nitro groups is 1. The van der Waals surface area contributed by atoms with Crippen molar-refractivity contribution in [3.05, 3.63) is 28.1 Å². The molecule has 1 aromatic rings. The number of hydrogen-bond donors (Lipinski definition) is 1. The molecule has 21 heavy (non-hydrogen) atoms. The first-order valence-electron chi connectivity index (χ1n) is 6.94. The summed E-state index contributed by atoms with van der Waals surface area (Å²) in [5.74, 6) is -0.242. The van der Waals surface area contributed by atoms with E-state index >= 15 is 0 Å². The second kappa shape index (κ2) is 6.26. The van der Waals surface area contributed by atoms with Crippen LogP contribution in [0, 0.1) is 21.8 Å². The van der Waals surface area contributed by atoms with Crippen molar-refractivity contribution in [1.29, 1.82) is 0 Å². The normalized spacial score (nSPS) is 21.3. The fourth-order valence-electron chi connectivity index (χ4n) is 3.09. The summed E-state index contributed by atoms with van der Waals surface area (Å²) in [6.45, 7) is 0.556. The molecule has 0 aliphatic heterocycles. The summed E-state index contributed by atoms with van der Waals surface area (Å²) in [6, 6.07) is 2.45. The fourth-order valence-corrected chi connectivity index (χ4v) is 3.09. The third kappa shape index (κ3) is 2.92. The standard InChI is InChI=1S/C14H20FN3O3/c1-17(11-5-3-4-9(11)8-16)12-7-14(21-2)13(18(19)20)6-10(12)15/h6-7,9,11H,3-5,8,16H2,1-2H3. The van der Waals surface area contributed by atoms with Gasteiger partial charge in [0.25, 0.3) is 0 Å². The predicted octanol–water partition coefficient (Wildman–Crippen LogP) is 2.31. The molecule has 6 nitrogen and oxygen atoms in total. The molecule has 1 aliphatic rings. The Morgan fingerprint density at radius 1 is 1.52 bits per heavy atom. The zero-order chi connectivity index (χ0) is 15.6. The van der Waals surface area contributed by atoms with Crippen LogP contribution in [0.25, 0.3) is 0 Å². The summed E-state index contributed by atoms with van der Waals surface area (Å²) < 4.78 is 19.2. The third-order valence-electron chi connectivity index (χ3n) is 4.24. The Bertz CT molecular complexity index is 538. The Labute approximate surface area is 122 Å². The topological polar surface area (TPSA) is 81.6 Å². The van der Waals surface area contributed by atoms with Crippen LogP contribution >= 0.6 is 0 Å². The van der Waals surface area contributed by atoms with E-state index in [1.807, 2.05) is 4.90 Å². The quantitative estimate of drug-likeness (QED) is 0.666. The predicted molar refractivity (Wildman–Crippen MR) is 78.2 cm³/mol. The molecule has 1 saturated carbocycles. The SMILES string of the molecule is COc1cc(N(C)C2CCCC2CN)c(F)cc1[N+](=O)[O-]. The Hall–Kier alpha value is -1.89. The lowest BCUT2D eigenvalue weighted by atomic mass is 10.0. The van der Waals surface area contributed by atoms with Crippen LogP contribution in [0.1, 0.15) is 19.3 Å². The van der Waals surface area contributed by atoms with E-state index in [1.165, 1.54) is 13.2 Å². The van der Waals surface area contributed by atoms with Gasteiger partial charge in [-0.25, -0.2) is 4.39 Å². The summed E-state index contributed by atoms with van der Waals surface area (Å²) in [6.07, 6.45) is 3.02. The van der Waals surface area contributed by atoms with Crippen LogP contribution in [0.3, 0.4) is 0 Å². The van der Waals surface area contributed by atoms with Crippen LogP contribution < -0.4 is 15.4 Å². The molecule has 1 aliphatic carbocycles. The van der Waals surface area contributed by atoms with E-state index in [4.69, 9.17) is 10.5 Å². The summed E-state index contributed by atoms with van der Waals surface area (Å²) >= 11 is 0. The highest BCUT2D eigenvalue weighted by atomic mass is 19.1. The minimum atomic E-state index is -0.649. The molecule has 2 N–H and O–H groups in total. The van der Waals surface area contributed by atoms with E-state index in [1.54, 1.807) is 7.05 Å². The van der Waals surface area contributed by atoms with Crippen molar-refractivity contribution in [2.24, 2.45) is 11.7 Å². The zero-order valence-electron chi connectivity index (χ0n) is 12.2. The third-order valence-corrected chi connectivity index (χ3v) is 4.24. The van der Waals surface area contributed by atoms with Gasteiger partial charge in [-0.15, -0.1) is 0 Å². The molecule has 0 saturated heterocycles. The number of ether oxygens (including phenoxy) is 1. The summed E-state index contributed by atoms with van der Waals surface area (Å²) in [5, 5.41) is 10.9. The van der Waals surface area contributed by atoms with Gasteiger partial charge in [-0.05, 0) is 25.3 Å². The van der Waals surface area contributed by atoms with Crippen LogP contribution in [-0.2, 0) is 0 Å². The average molecular weight is 297 g/mol. The first-order valence-corrected chi connectivity index (χ1v) is 6.94. The molecule has 0 amide bonds. The van der Waals surface area contributed by atoms with Gasteiger partial charge < -0.3 is 15.4 Å². The summed E-state index contributed by atoms with van der Waals surface area (Å²) in [5.41, 5.74) is 5.71. The van der Waals surface area contributed by atoms with Crippen LogP contribution in [0.4, 0.5) is 15.8 Å². The molecule has 0 radical (unpaired) electrons. The first-order chi connectivity index (χ1) is 9.99. The van der Waals surface area contributed by atoms with Gasteiger partial charge in [0, 0.05) is 19.2 Å². The number of methoxy groups -OCH3 is 1. The number of rotatable bonds is 5. The lowest BCUT2D eigenvalue weighted by molar-refractivity contribution is -0.385. The van der Waals surface area contributed by atoms with Gasteiger partial charge in [0.1, 0.15) is 0 Å². The van der Waals surface area contributed by atoms with Gasteiger partial charge in [0.15, 0.2) is 11.6 Å². The van der Waals surface area contributed by atoms with Crippen molar-refractivity contribution in [2.75, 3.05) is 25.6 Å². The molecular weight excluding hydrogens is 277 g/mol. The lowest BCUT2D eigenvalue weighted by Crippen LogP contribution is -2.38. The zero-order valence-corrected chi connectivity index (χ0v) is 12.2. The van der Waals surface area contributed by atoms with Crippen LogP contribution in [0.15, 0.2) is 12.1 Å². The molecule has 0 bridgehead atoms. The molecule has 2 rings (SSSR count). The van der Waals surface area contributed by atoms with E-state index < -0.39 is 10.7 Å². The minimum absolute atomic E-state index is 0.0607. The molecule has 0 heterocycles. The highest BCUT2D eigenvalue weighted by Crippen LogP contribution is 2.37. The lowest BCUT2D eigenvalue weighted by Gasteiger charge is -2.31. The molecule has 1 aromatic carbocycles. The van der Waals surface area contributed by atoms with Crippen molar-refractivity contribution in [1.82, 2.24) is 0 Å². The van der Waals surface area contributed by atoms with Crippen molar-refractivity contribution < 1.29 is 14.1 Å². The second-order valence-corrected chi connectivity index (χ2v) is 5.34. The van der Waals surface area contributed by atoms with Gasteiger partial charge in [-0.3, -0.25) is 10.1 Å². The fraction of sp³-hybridized carbons (Fsp3) is 0.571. The number of anilines is 1. The average Bonchev–Trinajstić information content (AvgIpc) is 2.94. The van der Waals surface area contributed by atoms with Crippen LogP contribution in [-0.4, -0.2) is 31.7 Å². The Morgan fingerprint density at radius 2 is 2.24 bits per heavy atom. The maximum atomic E-state index is 14.2. The number of nitro benzene ring substituents is 1. The van der Waals surface area contributed by atoms with Crippen molar-refractivity contribution in [2.45, 2.75) is 25.3 Å².